The van der Waals surface area contributed by atoms with Crippen molar-refractivity contribution >= 4 is 51.8 Å². The number of anilines is 1. The lowest BCUT2D eigenvalue weighted by Crippen LogP contribution is -2.47. The van der Waals surface area contributed by atoms with Crippen molar-refractivity contribution in [2.75, 3.05) is 57.9 Å². The number of aromatic nitrogens is 1. The van der Waals surface area contributed by atoms with E-state index in [1.165, 1.54) is 7.11 Å². The van der Waals surface area contributed by atoms with Gasteiger partial charge in [0.1, 0.15) is 5.75 Å². The number of hydrogen-bond donors (Lipinski definition) is 2. The van der Waals surface area contributed by atoms with Gasteiger partial charge in [-0.05, 0) is 62.4 Å². The number of allylic oxidation sites excluding steroid dienone is 2. The van der Waals surface area contributed by atoms with Crippen molar-refractivity contribution in [1.29, 1.82) is 0 Å². The van der Waals surface area contributed by atoms with E-state index < -0.39 is 0 Å². The zero-order chi connectivity index (χ0) is 26.9. The second kappa shape index (κ2) is 13.6. The van der Waals surface area contributed by atoms with Crippen LogP contribution in [0.3, 0.4) is 0 Å². The first-order valence-electron chi connectivity index (χ1n) is 12.9. The molecule has 1 saturated heterocycles. The molecule has 9 heteroatoms. The fourth-order valence-electron chi connectivity index (χ4n) is 4.51. The second-order valence-electron chi connectivity index (χ2n) is 9.01. The number of nitrogens with zero attached hydrogens (tertiary/aromatic N) is 2. The maximum absolute atomic E-state index is 12.6. The number of piperazine rings is 1. The highest BCUT2D eigenvalue weighted by Gasteiger charge is 2.19. The van der Waals surface area contributed by atoms with Crippen LogP contribution in [0.15, 0.2) is 60.4 Å². The molecule has 3 aromatic rings. The molecule has 0 spiro atoms. The Balaban J connectivity index is 1.20. The summed E-state index contributed by atoms with van der Waals surface area (Å²) in [7, 11) is 1.50. The van der Waals surface area contributed by atoms with Crippen LogP contribution in [0.4, 0.5) is 5.69 Å². The molecule has 7 nitrogen and oxygen atoms in total. The Morgan fingerprint density at radius 2 is 1.87 bits per heavy atom. The highest BCUT2D eigenvalue weighted by Crippen LogP contribution is 2.29. The van der Waals surface area contributed by atoms with Crippen LogP contribution in [0.1, 0.15) is 19.0 Å². The van der Waals surface area contributed by atoms with E-state index in [-0.39, 0.29) is 11.7 Å². The molecule has 38 heavy (non-hydrogen) atoms. The van der Waals surface area contributed by atoms with Gasteiger partial charge in [0.15, 0.2) is 5.76 Å². The molecule has 2 aromatic carbocycles. The van der Waals surface area contributed by atoms with Gasteiger partial charge in [0, 0.05) is 49.3 Å². The minimum Gasteiger partial charge on any atom is -0.492 e. The Morgan fingerprint density at radius 3 is 2.63 bits per heavy atom. The summed E-state index contributed by atoms with van der Waals surface area (Å²) in [4.78, 5) is 20.6. The van der Waals surface area contributed by atoms with Crippen LogP contribution in [-0.4, -0.2) is 68.8 Å². The van der Waals surface area contributed by atoms with E-state index in [0.29, 0.717) is 23.2 Å². The number of methoxy groups -OCH3 is 1. The van der Waals surface area contributed by atoms with E-state index in [4.69, 9.17) is 32.7 Å². The zero-order valence-corrected chi connectivity index (χ0v) is 23.3. The summed E-state index contributed by atoms with van der Waals surface area (Å²) in [5, 5.41) is 4.93. The third kappa shape index (κ3) is 7.25. The predicted octanol–water partition coefficient (Wildman–Crippen LogP) is 5.75. The maximum atomic E-state index is 12.6. The molecule has 0 bridgehead atoms. The van der Waals surface area contributed by atoms with E-state index in [0.717, 1.165) is 67.2 Å². The fraction of sp³-hybridized carbons (Fsp3) is 0.345. The predicted molar refractivity (Wildman–Crippen MR) is 156 cm³/mol. The van der Waals surface area contributed by atoms with Gasteiger partial charge in [0.2, 0.25) is 0 Å². The van der Waals surface area contributed by atoms with Crippen molar-refractivity contribution in [1.82, 2.24) is 15.2 Å². The molecule has 202 valence electrons. The van der Waals surface area contributed by atoms with Crippen molar-refractivity contribution in [2.45, 2.75) is 13.3 Å². The van der Waals surface area contributed by atoms with Crippen LogP contribution in [0.2, 0.25) is 10.0 Å². The lowest BCUT2D eigenvalue weighted by Gasteiger charge is -2.36. The number of hydrogen-bond acceptors (Lipinski definition) is 5. The summed E-state index contributed by atoms with van der Waals surface area (Å²) in [6.07, 6.45) is 6.16. The Labute approximate surface area is 234 Å². The number of rotatable bonds is 11. The van der Waals surface area contributed by atoms with Gasteiger partial charge in [-0.25, -0.2) is 0 Å². The molecule has 2 heterocycles. The number of benzene rings is 2. The van der Waals surface area contributed by atoms with Gasteiger partial charge in [-0.1, -0.05) is 41.4 Å². The number of amides is 1. The minimum atomic E-state index is -0.232. The SMILES string of the molecule is CCOc1ccccc1N1CCN(CCCNC(=O)/C(=C/C=C/c2cc3cc(Cl)c(Cl)cc3[nH]2)OC)CC1. The first-order valence-corrected chi connectivity index (χ1v) is 13.6. The molecule has 0 atom stereocenters. The number of carbonyl (C=O) groups is 1. The molecular formula is C29H34Cl2N4O3. The minimum absolute atomic E-state index is 0.232. The van der Waals surface area contributed by atoms with Gasteiger partial charge in [-0.15, -0.1) is 0 Å². The van der Waals surface area contributed by atoms with Gasteiger partial charge in [0.05, 0.1) is 29.4 Å². The first kappa shape index (κ1) is 27.9. The molecule has 1 aliphatic heterocycles. The summed E-state index contributed by atoms with van der Waals surface area (Å²) < 4.78 is 11.1. The van der Waals surface area contributed by atoms with Crippen molar-refractivity contribution in [3.63, 3.8) is 0 Å². The van der Waals surface area contributed by atoms with Crippen molar-refractivity contribution < 1.29 is 14.3 Å². The Kier molecular flexibility index (Phi) is 9.98. The average molecular weight is 558 g/mol. The summed E-state index contributed by atoms with van der Waals surface area (Å²) in [5.41, 5.74) is 2.92. The molecule has 2 N–H and O–H groups in total. The van der Waals surface area contributed by atoms with Crippen LogP contribution in [-0.2, 0) is 9.53 Å². The maximum Gasteiger partial charge on any atom is 0.286 e. The molecule has 0 radical (unpaired) electrons. The summed E-state index contributed by atoms with van der Waals surface area (Å²) in [5.74, 6) is 0.967. The normalized spacial score (nSPS) is 14.8. The molecular weight excluding hydrogens is 523 g/mol. The summed E-state index contributed by atoms with van der Waals surface area (Å²) in [6, 6.07) is 13.8. The van der Waals surface area contributed by atoms with Crippen molar-refractivity contribution in [3.8, 4) is 5.75 Å². The van der Waals surface area contributed by atoms with E-state index >= 15 is 0 Å². The van der Waals surface area contributed by atoms with Crippen molar-refractivity contribution in [2.24, 2.45) is 0 Å². The molecule has 0 saturated carbocycles. The molecule has 0 aliphatic carbocycles. The van der Waals surface area contributed by atoms with Gasteiger partial charge >= 0.3 is 0 Å². The van der Waals surface area contributed by atoms with Crippen LogP contribution in [0.25, 0.3) is 17.0 Å². The third-order valence-corrected chi connectivity index (χ3v) is 7.19. The number of ether oxygens (including phenoxy) is 2. The third-order valence-electron chi connectivity index (χ3n) is 6.46. The number of H-pyrrole nitrogens is 1. The van der Waals surface area contributed by atoms with Gasteiger partial charge in [-0.3, -0.25) is 9.69 Å². The Bertz CT molecular complexity index is 1260. The number of fused-ring (bicyclic) bond motifs is 1. The fourth-order valence-corrected chi connectivity index (χ4v) is 4.85. The molecule has 1 aromatic heterocycles. The average Bonchev–Trinajstić information content (AvgIpc) is 3.31. The first-order chi connectivity index (χ1) is 18.5. The summed E-state index contributed by atoms with van der Waals surface area (Å²) >= 11 is 12.2. The second-order valence-corrected chi connectivity index (χ2v) is 9.83. The lowest BCUT2D eigenvalue weighted by atomic mass is 10.2. The number of nitrogens with one attached hydrogen (secondary N) is 2. The molecule has 0 unspecified atom stereocenters. The lowest BCUT2D eigenvalue weighted by molar-refractivity contribution is -0.120. The molecule has 4 rings (SSSR count). The quantitative estimate of drug-likeness (QED) is 0.136. The van der Waals surface area contributed by atoms with E-state index in [1.807, 2.05) is 37.3 Å². The number of aromatic amines is 1. The largest absolute Gasteiger partial charge is 0.492 e. The number of carbonyl (C=O) groups excluding carboxylic acids is 1. The highest BCUT2D eigenvalue weighted by molar-refractivity contribution is 6.42. The number of halogens is 2. The molecule has 1 amide bonds. The Hall–Kier alpha value is -3.13. The van der Waals surface area contributed by atoms with Crippen LogP contribution >= 0.6 is 23.2 Å². The monoisotopic (exact) mass is 556 g/mol. The standard InChI is InChI=1S/C29H34Cl2N4O3/c1-3-38-27-10-5-4-9-26(27)35-16-14-34(15-17-35)13-7-12-32-29(36)28(37-2)11-6-8-22-18-21-19-23(30)24(31)20-25(21)33-22/h4-6,8-11,18-20,33H,3,7,12-17H2,1-2H3,(H,32,36)/b8-6+,28-11-. The smallest absolute Gasteiger partial charge is 0.286 e. The van der Waals surface area contributed by atoms with Gasteiger partial charge < -0.3 is 24.7 Å². The van der Waals surface area contributed by atoms with Crippen LogP contribution < -0.4 is 15.0 Å². The van der Waals surface area contributed by atoms with E-state index in [9.17, 15) is 4.79 Å². The Morgan fingerprint density at radius 1 is 1.11 bits per heavy atom. The van der Waals surface area contributed by atoms with E-state index in [1.54, 1.807) is 18.2 Å². The molecule has 1 fully saturated rings. The van der Waals surface area contributed by atoms with Gasteiger partial charge in [0.25, 0.3) is 5.91 Å². The van der Waals surface area contributed by atoms with Crippen LogP contribution in [0, 0.1) is 0 Å². The van der Waals surface area contributed by atoms with Crippen molar-refractivity contribution in [3.05, 3.63) is 76.1 Å². The molecule has 1 aliphatic rings. The summed E-state index contributed by atoms with van der Waals surface area (Å²) in [6.45, 7) is 8.06. The number of para-hydroxylation sites is 2. The van der Waals surface area contributed by atoms with Crippen LogP contribution in [0.5, 0.6) is 5.75 Å². The zero-order valence-electron chi connectivity index (χ0n) is 21.8. The highest BCUT2D eigenvalue weighted by atomic mass is 35.5. The topological polar surface area (TPSA) is 69.8 Å². The van der Waals surface area contributed by atoms with Gasteiger partial charge in [-0.2, -0.15) is 0 Å². The van der Waals surface area contributed by atoms with E-state index in [2.05, 4.69) is 32.2 Å².